The molecule has 0 saturated carbocycles. The lowest BCUT2D eigenvalue weighted by atomic mass is 10.2. The Morgan fingerprint density at radius 3 is 2.71 bits per heavy atom. The molecule has 74 valence electrons. The summed E-state index contributed by atoms with van der Waals surface area (Å²) in [5.74, 6) is 0.908. The smallest absolute Gasteiger partial charge is 0.298 e. The van der Waals surface area contributed by atoms with E-state index in [0.717, 1.165) is 5.56 Å². The standard InChI is InChI=1S/C10H11NO3/c1-11-6-8-3-4-9(14-7-12)10(5-8)13-2/h3-7H,1-2H3/b11-6+. The zero-order valence-electron chi connectivity index (χ0n) is 8.06. The van der Waals surface area contributed by atoms with Gasteiger partial charge in [0.2, 0.25) is 0 Å². The van der Waals surface area contributed by atoms with E-state index in [9.17, 15) is 4.79 Å². The molecular weight excluding hydrogens is 182 g/mol. The van der Waals surface area contributed by atoms with Gasteiger partial charge in [-0.25, -0.2) is 0 Å². The lowest BCUT2D eigenvalue weighted by Crippen LogP contribution is -1.94. The van der Waals surface area contributed by atoms with Crippen molar-refractivity contribution in [3.05, 3.63) is 23.8 Å². The third kappa shape index (κ3) is 2.32. The molecular formula is C10H11NO3. The SMILES string of the molecule is C/N=C/c1ccc(OC=O)c(OC)c1. The van der Waals surface area contributed by atoms with Gasteiger partial charge >= 0.3 is 0 Å². The summed E-state index contributed by atoms with van der Waals surface area (Å²) < 4.78 is 9.75. The van der Waals surface area contributed by atoms with Crippen molar-refractivity contribution in [2.75, 3.05) is 14.2 Å². The van der Waals surface area contributed by atoms with Gasteiger partial charge < -0.3 is 9.47 Å². The van der Waals surface area contributed by atoms with Crippen LogP contribution in [0.2, 0.25) is 0 Å². The fraction of sp³-hybridized carbons (Fsp3) is 0.200. The highest BCUT2D eigenvalue weighted by Gasteiger charge is 2.03. The minimum Gasteiger partial charge on any atom is -0.493 e. The van der Waals surface area contributed by atoms with Gasteiger partial charge in [-0.3, -0.25) is 9.79 Å². The second kappa shape index (κ2) is 5.01. The van der Waals surface area contributed by atoms with Crippen LogP contribution in [0.15, 0.2) is 23.2 Å². The summed E-state index contributed by atoms with van der Waals surface area (Å²) >= 11 is 0. The molecule has 0 amide bonds. The number of carbonyl (C=O) groups is 1. The van der Waals surface area contributed by atoms with E-state index >= 15 is 0 Å². The summed E-state index contributed by atoms with van der Waals surface area (Å²) in [6.07, 6.45) is 1.69. The Labute approximate surface area is 82.2 Å². The molecule has 4 heteroatoms. The van der Waals surface area contributed by atoms with E-state index in [1.54, 1.807) is 31.5 Å². The molecule has 0 aromatic heterocycles. The Kier molecular flexibility index (Phi) is 3.67. The van der Waals surface area contributed by atoms with Gasteiger partial charge in [-0.15, -0.1) is 0 Å². The molecule has 0 aliphatic rings. The van der Waals surface area contributed by atoms with Crippen molar-refractivity contribution in [3.8, 4) is 11.5 Å². The number of hydrogen-bond donors (Lipinski definition) is 0. The van der Waals surface area contributed by atoms with Crippen LogP contribution in [-0.4, -0.2) is 26.8 Å². The van der Waals surface area contributed by atoms with Crippen molar-refractivity contribution >= 4 is 12.7 Å². The maximum absolute atomic E-state index is 10.1. The lowest BCUT2D eigenvalue weighted by molar-refractivity contribution is -0.120. The summed E-state index contributed by atoms with van der Waals surface area (Å²) in [5, 5.41) is 0. The molecule has 4 nitrogen and oxygen atoms in total. The monoisotopic (exact) mass is 193 g/mol. The van der Waals surface area contributed by atoms with Gasteiger partial charge in [0.15, 0.2) is 11.5 Å². The molecule has 0 heterocycles. The van der Waals surface area contributed by atoms with Gasteiger partial charge in [0.25, 0.3) is 6.47 Å². The highest BCUT2D eigenvalue weighted by atomic mass is 16.5. The van der Waals surface area contributed by atoms with Crippen LogP contribution in [0.4, 0.5) is 0 Å². The van der Waals surface area contributed by atoms with Crippen LogP contribution >= 0.6 is 0 Å². The Balaban J connectivity index is 3.04. The molecule has 0 unspecified atom stereocenters. The number of benzene rings is 1. The fourth-order valence-corrected chi connectivity index (χ4v) is 1.06. The third-order valence-electron chi connectivity index (χ3n) is 1.64. The summed E-state index contributed by atoms with van der Waals surface area (Å²) in [4.78, 5) is 14.0. The number of nitrogens with zero attached hydrogens (tertiary/aromatic N) is 1. The van der Waals surface area contributed by atoms with E-state index in [1.807, 2.05) is 0 Å². The van der Waals surface area contributed by atoms with Crippen LogP contribution in [-0.2, 0) is 4.79 Å². The van der Waals surface area contributed by atoms with Crippen LogP contribution < -0.4 is 9.47 Å². The first-order valence-corrected chi connectivity index (χ1v) is 4.02. The molecule has 1 aromatic rings. The van der Waals surface area contributed by atoms with Crippen molar-refractivity contribution < 1.29 is 14.3 Å². The number of carbonyl (C=O) groups excluding carboxylic acids is 1. The number of rotatable bonds is 4. The molecule has 0 aliphatic heterocycles. The van der Waals surface area contributed by atoms with Crippen molar-refractivity contribution in [1.29, 1.82) is 0 Å². The van der Waals surface area contributed by atoms with Crippen molar-refractivity contribution in [3.63, 3.8) is 0 Å². The molecule has 0 saturated heterocycles. The van der Waals surface area contributed by atoms with Gasteiger partial charge in [-0.1, -0.05) is 0 Å². The van der Waals surface area contributed by atoms with Gasteiger partial charge in [0.05, 0.1) is 7.11 Å². The zero-order chi connectivity index (χ0) is 10.4. The van der Waals surface area contributed by atoms with Crippen LogP contribution in [0.25, 0.3) is 0 Å². The second-order valence-electron chi connectivity index (χ2n) is 2.51. The molecule has 0 spiro atoms. The molecule has 0 atom stereocenters. The molecule has 0 radical (unpaired) electrons. The molecule has 1 rings (SSSR count). The quantitative estimate of drug-likeness (QED) is 0.534. The maximum atomic E-state index is 10.1. The summed E-state index contributed by atoms with van der Waals surface area (Å²) in [5.41, 5.74) is 0.891. The Hall–Kier alpha value is -1.84. The van der Waals surface area contributed by atoms with Crippen LogP contribution in [0.5, 0.6) is 11.5 Å². The van der Waals surface area contributed by atoms with E-state index in [4.69, 9.17) is 9.47 Å². The third-order valence-corrected chi connectivity index (χ3v) is 1.64. The van der Waals surface area contributed by atoms with Gasteiger partial charge in [-0.2, -0.15) is 0 Å². The van der Waals surface area contributed by atoms with Crippen LogP contribution in [0.3, 0.4) is 0 Å². The van der Waals surface area contributed by atoms with E-state index in [2.05, 4.69) is 4.99 Å². The first-order valence-electron chi connectivity index (χ1n) is 4.02. The van der Waals surface area contributed by atoms with Gasteiger partial charge in [0.1, 0.15) is 0 Å². The van der Waals surface area contributed by atoms with Crippen molar-refractivity contribution in [2.45, 2.75) is 0 Å². The zero-order valence-corrected chi connectivity index (χ0v) is 8.06. The average molecular weight is 193 g/mol. The number of ether oxygens (including phenoxy) is 2. The highest BCUT2D eigenvalue weighted by Crippen LogP contribution is 2.26. The molecule has 0 N–H and O–H groups in total. The molecule has 0 fully saturated rings. The molecule has 0 aliphatic carbocycles. The number of methoxy groups -OCH3 is 1. The lowest BCUT2D eigenvalue weighted by Gasteiger charge is -2.06. The molecule has 1 aromatic carbocycles. The van der Waals surface area contributed by atoms with Crippen molar-refractivity contribution in [1.82, 2.24) is 0 Å². The Bertz CT molecular complexity index is 347. The fourth-order valence-electron chi connectivity index (χ4n) is 1.06. The van der Waals surface area contributed by atoms with E-state index in [-0.39, 0.29) is 0 Å². The first-order chi connectivity index (χ1) is 6.81. The van der Waals surface area contributed by atoms with E-state index in [0.29, 0.717) is 18.0 Å². The predicted molar refractivity (Wildman–Crippen MR) is 53.2 cm³/mol. The van der Waals surface area contributed by atoms with Crippen molar-refractivity contribution in [2.24, 2.45) is 4.99 Å². The van der Waals surface area contributed by atoms with Crippen LogP contribution in [0.1, 0.15) is 5.56 Å². The summed E-state index contributed by atoms with van der Waals surface area (Å²) in [6, 6.07) is 5.18. The highest BCUT2D eigenvalue weighted by molar-refractivity contribution is 5.80. The molecule has 0 bridgehead atoms. The van der Waals surface area contributed by atoms with E-state index in [1.165, 1.54) is 7.11 Å². The predicted octanol–water partition coefficient (Wildman–Crippen LogP) is 1.28. The normalized spacial score (nSPS) is 10.1. The van der Waals surface area contributed by atoms with Gasteiger partial charge in [-0.05, 0) is 23.8 Å². The van der Waals surface area contributed by atoms with E-state index < -0.39 is 0 Å². The topological polar surface area (TPSA) is 47.9 Å². The summed E-state index contributed by atoms with van der Waals surface area (Å²) in [7, 11) is 3.20. The maximum Gasteiger partial charge on any atom is 0.298 e. The average Bonchev–Trinajstić information content (AvgIpc) is 2.21. The Morgan fingerprint density at radius 1 is 1.36 bits per heavy atom. The van der Waals surface area contributed by atoms with Gasteiger partial charge in [0, 0.05) is 13.3 Å². The summed E-state index contributed by atoms with van der Waals surface area (Å²) in [6.45, 7) is 0.367. The first kappa shape index (κ1) is 10.2. The number of aliphatic imine (C=N–C) groups is 1. The second-order valence-corrected chi connectivity index (χ2v) is 2.51. The number of hydrogen-bond acceptors (Lipinski definition) is 4. The minimum atomic E-state index is 0.367. The minimum absolute atomic E-state index is 0.367. The molecule has 14 heavy (non-hydrogen) atoms. The largest absolute Gasteiger partial charge is 0.493 e. The Morgan fingerprint density at radius 2 is 2.14 bits per heavy atom. The van der Waals surface area contributed by atoms with Crippen LogP contribution in [0, 0.1) is 0 Å².